The van der Waals surface area contributed by atoms with E-state index in [9.17, 15) is 4.79 Å². The number of ketones is 1. The number of benzene rings is 3. The van der Waals surface area contributed by atoms with E-state index in [0.29, 0.717) is 23.7 Å². The van der Waals surface area contributed by atoms with Crippen LogP contribution in [-0.4, -0.2) is 36.9 Å². The van der Waals surface area contributed by atoms with E-state index in [1.54, 1.807) is 18.2 Å². The Kier molecular flexibility index (Phi) is 10.5. The first-order chi connectivity index (χ1) is 15.2. The van der Waals surface area contributed by atoms with Crippen molar-refractivity contribution in [2.24, 2.45) is 0 Å². The van der Waals surface area contributed by atoms with Crippen molar-refractivity contribution in [3.8, 4) is 11.5 Å². The van der Waals surface area contributed by atoms with Crippen molar-refractivity contribution >= 4 is 24.3 Å². The highest BCUT2D eigenvalue weighted by Gasteiger charge is 2.17. The summed E-state index contributed by atoms with van der Waals surface area (Å²) in [5.74, 6) is 1.21. The molecule has 0 radical (unpaired) electrons. The molecule has 0 aromatic heterocycles. The first-order valence-electron chi connectivity index (χ1n) is 10.7. The molecule has 0 unspecified atom stereocenters. The van der Waals surface area contributed by atoms with Crippen LogP contribution in [0.4, 0.5) is 0 Å². The van der Waals surface area contributed by atoms with Crippen LogP contribution in [0.25, 0.3) is 6.08 Å². The number of ether oxygens (including phenoxy) is 2. The lowest BCUT2D eigenvalue weighted by molar-refractivity contribution is 0.0987. The van der Waals surface area contributed by atoms with Gasteiger partial charge in [0, 0.05) is 12.1 Å². The number of Topliss-reactive ketones (excluding diaryl/α,β-unsaturated/α-hetero) is 1. The van der Waals surface area contributed by atoms with Crippen LogP contribution in [0.15, 0.2) is 90.7 Å². The number of carbonyl (C=O) groups is 1. The average molecular weight is 452 g/mol. The monoisotopic (exact) mass is 451 g/mol. The highest BCUT2D eigenvalue weighted by Crippen LogP contribution is 2.29. The van der Waals surface area contributed by atoms with Gasteiger partial charge in [-0.15, -0.1) is 12.4 Å². The molecule has 32 heavy (non-hydrogen) atoms. The Labute approximate surface area is 196 Å². The number of rotatable bonds is 11. The van der Waals surface area contributed by atoms with Gasteiger partial charge in [-0.3, -0.25) is 4.79 Å². The number of para-hydroxylation sites is 2. The van der Waals surface area contributed by atoms with Gasteiger partial charge in [0.15, 0.2) is 17.3 Å². The van der Waals surface area contributed by atoms with Crippen molar-refractivity contribution in [1.29, 1.82) is 0 Å². The van der Waals surface area contributed by atoms with Crippen molar-refractivity contribution in [3.05, 3.63) is 102 Å². The molecule has 0 saturated carbocycles. The number of carbonyl (C=O) groups excluding carboxylic acids is 1. The second kappa shape index (κ2) is 13.4. The molecule has 0 heterocycles. The van der Waals surface area contributed by atoms with Crippen LogP contribution in [0.2, 0.25) is 0 Å². The van der Waals surface area contributed by atoms with Gasteiger partial charge in [-0.2, -0.15) is 0 Å². The number of nitrogens with zero attached hydrogens (tertiary/aromatic N) is 1. The minimum Gasteiger partial charge on any atom is -0.488 e. The number of hydrogen-bond acceptors (Lipinski definition) is 4. The van der Waals surface area contributed by atoms with Gasteiger partial charge in [-0.25, -0.2) is 0 Å². The van der Waals surface area contributed by atoms with Crippen LogP contribution < -0.4 is 9.47 Å². The molecule has 0 amide bonds. The van der Waals surface area contributed by atoms with Crippen molar-refractivity contribution in [2.75, 3.05) is 26.2 Å². The van der Waals surface area contributed by atoms with Gasteiger partial charge in [-0.1, -0.05) is 86.6 Å². The van der Waals surface area contributed by atoms with E-state index in [1.807, 2.05) is 72.8 Å². The van der Waals surface area contributed by atoms with E-state index in [0.717, 1.165) is 25.2 Å². The molecular formula is C27H30ClNO3. The van der Waals surface area contributed by atoms with E-state index >= 15 is 0 Å². The zero-order valence-corrected chi connectivity index (χ0v) is 19.4. The van der Waals surface area contributed by atoms with E-state index in [1.165, 1.54) is 0 Å². The summed E-state index contributed by atoms with van der Waals surface area (Å²) < 4.78 is 12.2. The molecule has 0 N–H and O–H groups in total. The Morgan fingerprint density at radius 3 is 2.00 bits per heavy atom. The number of halogens is 1. The molecule has 0 atom stereocenters. The molecule has 3 rings (SSSR count). The topological polar surface area (TPSA) is 38.8 Å². The maximum atomic E-state index is 13.2. The maximum absolute atomic E-state index is 13.2. The van der Waals surface area contributed by atoms with Crippen molar-refractivity contribution in [2.45, 2.75) is 13.8 Å². The molecule has 3 aromatic rings. The number of hydrogen-bond donors (Lipinski definition) is 0. The molecule has 168 valence electrons. The van der Waals surface area contributed by atoms with Crippen LogP contribution in [-0.2, 0) is 0 Å². The van der Waals surface area contributed by atoms with Gasteiger partial charge in [-0.05, 0) is 36.9 Å². The highest BCUT2D eigenvalue weighted by molar-refractivity contribution is 6.10. The van der Waals surface area contributed by atoms with Crippen LogP contribution in [0.5, 0.6) is 11.5 Å². The van der Waals surface area contributed by atoms with Gasteiger partial charge >= 0.3 is 0 Å². The van der Waals surface area contributed by atoms with Crippen LogP contribution in [0.1, 0.15) is 29.8 Å². The SMILES string of the molecule is CCN(CC)CCOc1ccccc1O/C(=C/c1ccccc1)C(=O)c1ccccc1.Cl. The summed E-state index contributed by atoms with van der Waals surface area (Å²) in [4.78, 5) is 15.5. The third-order valence-corrected chi connectivity index (χ3v) is 4.99. The summed E-state index contributed by atoms with van der Waals surface area (Å²) >= 11 is 0. The zero-order chi connectivity index (χ0) is 21.9. The molecule has 0 aliphatic carbocycles. The third-order valence-electron chi connectivity index (χ3n) is 4.99. The van der Waals surface area contributed by atoms with E-state index in [4.69, 9.17) is 9.47 Å². The van der Waals surface area contributed by atoms with Gasteiger partial charge in [0.1, 0.15) is 6.61 Å². The maximum Gasteiger partial charge on any atom is 0.228 e. The second-order valence-electron chi connectivity index (χ2n) is 7.04. The first kappa shape index (κ1) is 25.2. The summed E-state index contributed by atoms with van der Waals surface area (Å²) in [6, 6.07) is 26.3. The van der Waals surface area contributed by atoms with Gasteiger partial charge in [0.2, 0.25) is 5.78 Å². The largest absolute Gasteiger partial charge is 0.488 e. The van der Waals surface area contributed by atoms with E-state index in [2.05, 4.69) is 18.7 Å². The normalized spacial score (nSPS) is 11.0. The Morgan fingerprint density at radius 1 is 0.812 bits per heavy atom. The number of likely N-dealkylation sites (N-methyl/N-ethyl adjacent to an activating group) is 1. The lowest BCUT2D eigenvalue weighted by Gasteiger charge is -2.19. The van der Waals surface area contributed by atoms with Gasteiger partial charge in [0.25, 0.3) is 0 Å². The summed E-state index contributed by atoms with van der Waals surface area (Å²) in [6.45, 7) is 7.61. The minimum absolute atomic E-state index is 0. The predicted octanol–water partition coefficient (Wildman–Crippen LogP) is 6.13. The number of allylic oxidation sites excluding steroid dienone is 1. The highest BCUT2D eigenvalue weighted by atomic mass is 35.5. The van der Waals surface area contributed by atoms with Crippen molar-refractivity contribution in [3.63, 3.8) is 0 Å². The molecule has 3 aromatic carbocycles. The summed E-state index contributed by atoms with van der Waals surface area (Å²) in [5, 5.41) is 0. The van der Waals surface area contributed by atoms with Crippen LogP contribution in [0, 0.1) is 0 Å². The summed E-state index contributed by atoms with van der Waals surface area (Å²) in [7, 11) is 0. The average Bonchev–Trinajstić information content (AvgIpc) is 2.83. The van der Waals surface area contributed by atoms with Crippen LogP contribution in [0.3, 0.4) is 0 Å². The third kappa shape index (κ3) is 7.26. The molecule has 4 nitrogen and oxygen atoms in total. The van der Waals surface area contributed by atoms with Crippen LogP contribution >= 0.6 is 12.4 Å². The molecule has 0 fully saturated rings. The fourth-order valence-electron chi connectivity index (χ4n) is 3.17. The molecule has 0 spiro atoms. The Bertz CT molecular complexity index is 986. The molecule has 0 bridgehead atoms. The standard InChI is InChI=1S/C27H29NO3.ClH/c1-3-28(4-2)19-20-30-24-17-11-12-18-25(24)31-26(21-22-13-7-5-8-14-22)27(29)23-15-9-6-10-16-23;/h5-18,21H,3-4,19-20H2,1-2H3;1H/b26-21+;. The summed E-state index contributed by atoms with van der Waals surface area (Å²) in [6.07, 6.45) is 1.77. The van der Waals surface area contributed by atoms with E-state index in [-0.39, 0.29) is 23.9 Å². The quantitative estimate of drug-likeness (QED) is 0.199. The van der Waals surface area contributed by atoms with Crippen molar-refractivity contribution in [1.82, 2.24) is 4.90 Å². The molecule has 5 heteroatoms. The van der Waals surface area contributed by atoms with Crippen molar-refractivity contribution < 1.29 is 14.3 Å². The molecule has 0 aliphatic rings. The fourth-order valence-corrected chi connectivity index (χ4v) is 3.17. The van der Waals surface area contributed by atoms with E-state index < -0.39 is 0 Å². The van der Waals surface area contributed by atoms with Gasteiger partial charge in [0.05, 0.1) is 0 Å². The smallest absolute Gasteiger partial charge is 0.228 e. The Balaban J connectivity index is 0.00000363. The predicted molar refractivity (Wildman–Crippen MR) is 133 cm³/mol. The Morgan fingerprint density at radius 2 is 1.38 bits per heavy atom. The lowest BCUT2D eigenvalue weighted by atomic mass is 10.1. The fraction of sp³-hybridized carbons (Fsp3) is 0.222. The first-order valence-corrected chi connectivity index (χ1v) is 10.7. The molecule has 0 aliphatic heterocycles. The molecular weight excluding hydrogens is 422 g/mol. The zero-order valence-electron chi connectivity index (χ0n) is 18.6. The Hall–Kier alpha value is -3.08. The second-order valence-corrected chi connectivity index (χ2v) is 7.04. The minimum atomic E-state index is -0.178. The lowest BCUT2D eigenvalue weighted by Crippen LogP contribution is -2.28. The van der Waals surface area contributed by atoms with Gasteiger partial charge < -0.3 is 14.4 Å². The summed E-state index contributed by atoms with van der Waals surface area (Å²) in [5.41, 5.74) is 1.46. The molecule has 0 saturated heterocycles.